The Hall–Kier alpha value is -2.25. The first-order chi connectivity index (χ1) is 13.5. The molecule has 0 amide bonds. The minimum Gasteiger partial charge on any atom is -0.478 e. The molecule has 0 unspecified atom stereocenters. The highest BCUT2D eigenvalue weighted by Gasteiger charge is 2.25. The van der Waals surface area contributed by atoms with Gasteiger partial charge < -0.3 is 10.4 Å². The van der Waals surface area contributed by atoms with Gasteiger partial charge in [-0.1, -0.05) is 47.3 Å². The number of nitrogens with zero attached hydrogens (tertiary/aromatic N) is 2. The SMILES string of the molecule is C=C(/C=C(C(=O)O)\C(=N/C)Nc1nc(C(C)(C)C)c(CC(C)C)s1)c1cccs1. The van der Waals surface area contributed by atoms with Gasteiger partial charge in [0.25, 0.3) is 0 Å². The normalized spacial score (nSPS) is 13.1. The highest BCUT2D eigenvalue weighted by molar-refractivity contribution is 7.16. The molecule has 0 radical (unpaired) electrons. The van der Waals surface area contributed by atoms with Crippen LogP contribution in [0.25, 0.3) is 5.57 Å². The molecule has 2 heterocycles. The molecule has 0 aliphatic carbocycles. The number of aromatic nitrogens is 1. The Morgan fingerprint density at radius 3 is 2.59 bits per heavy atom. The number of anilines is 1. The van der Waals surface area contributed by atoms with Crippen molar-refractivity contribution in [2.75, 3.05) is 12.4 Å². The first kappa shape index (κ1) is 23.0. The topological polar surface area (TPSA) is 74.6 Å². The van der Waals surface area contributed by atoms with Crippen LogP contribution in [-0.4, -0.2) is 28.9 Å². The molecule has 0 aliphatic rings. The summed E-state index contributed by atoms with van der Waals surface area (Å²) in [5.41, 5.74) is 1.64. The van der Waals surface area contributed by atoms with Gasteiger partial charge in [-0.2, -0.15) is 0 Å². The lowest BCUT2D eigenvalue weighted by Gasteiger charge is -2.18. The molecule has 2 N–H and O–H groups in total. The molecule has 0 spiro atoms. The van der Waals surface area contributed by atoms with Crippen LogP contribution in [0.5, 0.6) is 0 Å². The van der Waals surface area contributed by atoms with E-state index in [0.717, 1.165) is 17.0 Å². The van der Waals surface area contributed by atoms with Gasteiger partial charge in [-0.25, -0.2) is 9.78 Å². The highest BCUT2D eigenvalue weighted by atomic mass is 32.1. The molecular weight excluding hydrogens is 402 g/mol. The van der Waals surface area contributed by atoms with Gasteiger partial charge in [0, 0.05) is 22.2 Å². The smallest absolute Gasteiger partial charge is 0.339 e. The van der Waals surface area contributed by atoms with Gasteiger partial charge in [0.2, 0.25) is 0 Å². The quantitative estimate of drug-likeness (QED) is 0.249. The molecule has 0 aliphatic heterocycles. The van der Waals surface area contributed by atoms with Crippen molar-refractivity contribution in [1.29, 1.82) is 0 Å². The fraction of sp³-hybridized carbons (Fsp3) is 0.409. The zero-order valence-electron chi connectivity index (χ0n) is 17.9. The largest absolute Gasteiger partial charge is 0.478 e. The molecule has 29 heavy (non-hydrogen) atoms. The van der Waals surface area contributed by atoms with E-state index in [9.17, 15) is 9.90 Å². The number of amidine groups is 1. The van der Waals surface area contributed by atoms with Crippen LogP contribution in [-0.2, 0) is 16.6 Å². The molecule has 156 valence electrons. The number of rotatable bonds is 7. The Morgan fingerprint density at radius 2 is 2.10 bits per heavy atom. The van der Waals surface area contributed by atoms with E-state index in [1.807, 2.05) is 17.5 Å². The van der Waals surface area contributed by atoms with Gasteiger partial charge in [-0.05, 0) is 35.4 Å². The minimum absolute atomic E-state index is 0.0591. The van der Waals surface area contributed by atoms with Crippen LogP contribution in [0.2, 0.25) is 0 Å². The van der Waals surface area contributed by atoms with Crippen LogP contribution < -0.4 is 5.32 Å². The van der Waals surface area contributed by atoms with Crippen molar-refractivity contribution >= 4 is 45.2 Å². The second-order valence-electron chi connectivity index (χ2n) is 8.20. The molecule has 2 aromatic rings. The van der Waals surface area contributed by atoms with E-state index in [2.05, 4.69) is 51.5 Å². The number of thiazole rings is 1. The van der Waals surface area contributed by atoms with Gasteiger partial charge in [-0.15, -0.1) is 22.7 Å². The number of carboxylic acids is 1. The van der Waals surface area contributed by atoms with E-state index in [4.69, 9.17) is 4.98 Å². The van der Waals surface area contributed by atoms with E-state index in [-0.39, 0.29) is 16.8 Å². The second-order valence-corrected chi connectivity index (χ2v) is 10.2. The zero-order chi connectivity index (χ0) is 21.8. The van der Waals surface area contributed by atoms with Crippen LogP contribution in [0.4, 0.5) is 5.13 Å². The Labute approximate surface area is 180 Å². The van der Waals surface area contributed by atoms with Crippen molar-refractivity contribution in [3.8, 4) is 0 Å². The molecule has 0 aromatic carbocycles. The predicted molar refractivity (Wildman–Crippen MR) is 125 cm³/mol. The first-order valence-electron chi connectivity index (χ1n) is 9.45. The van der Waals surface area contributed by atoms with Crippen LogP contribution in [0, 0.1) is 5.92 Å². The first-order valence-corrected chi connectivity index (χ1v) is 11.1. The molecule has 7 heteroatoms. The second kappa shape index (κ2) is 9.50. The number of nitrogens with one attached hydrogen (secondary N) is 1. The van der Waals surface area contributed by atoms with Gasteiger partial charge in [0.1, 0.15) is 11.4 Å². The number of aliphatic imine (C=N–C) groups is 1. The number of allylic oxidation sites excluding steroid dienone is 2. The highest BCUT2D eigenvalue weighted by Crippen LogP contribution is 2.34. The molecule has 0 bridgehead atoms. The molecule has 0 saturated carbocycles. The van der Waals surface area contributed by atoms with Gasteiger partial charge in [0.05, 0.1) is 5.69 Å². The number of carboxylic acid groups (broad SMARTS) is 1. The maximum absolute atomic E-state index is 11.9. The summed E-state index contributed by atoms with van der Waals surface area (Å²) in [5, 5.41) is 15.5. The average Bonchev–Trinajstić information content (AvgIpc) is 3.26. The van der Waals surface area contributed by atoms with Gasteiger partial charge in [0.15, 0.2) is 5.13 Å². The van der Waals surface area contributed by atoms with Crippen molar-refractivity contribution < 1.29 is 9.90 Å². The maximum Gasteiger partial charge on any atom is 0.339 e. The third-order valence-corrected chi connectivity index (χ3v) is 6.03. The van der Waals surface area contributed by atoms with Crippen LogP contribution >= 0.6 is 22.7 Å². The summed E-state index contributed by atoms with van der Waals surface area (Å²) in [6.07, 6.45) is 2.48. The molecule has 2 rings (SSSR count). The molecular formula is C22H29N3O2S2. The fourth-order valence-corrected chi connectivity index (χ4v) is 4.84. The molecule has 5 nitrogen and oxygen atoms in total. The molecule has 0 atom stereocenters. The summed E-state index contributed by atoms with van der Waals surface area (Å²) in [7, 11) is 1.57. The number of hydrogen-bond acceptors (Lipinski definition) is 5. The summed E-state index contributed by atoms with van der Waals surface area (Å²) >= 11 is 3.07. The minimum atomic E-state index is -1.06. The Morgan fingerprint density at radius 1 is 1.41 bits per heavy atom. The van der Waals surface area contributed by atoms with Crippen LogP contribution in [0.1, 0.15) is 50.1 Å². The summed E-state index contributed by atoms with van der Waals surface area (Å²) in [6, 6.07) is 3.82. The summed E-state index contributed by atoms with van der Waals surface area (Å²) in [5.74, 6) is -0.293. The van der Waals surface area contributed by atoms with E-state index in [1.165, 1.54) is 16.2 Å². The number of carbonyl (C=O) groups is 1. The van der Waals surface area contributed by atoms with Gasteiger partial charge in [-0.3, -0.25) is 4.99 Å². The Kier molecular flexibility index (Phi) is 7.54. The van der Waals surface area contributed by atoms with E-state index < -0.39 is 5.97 Å². The van der Waals surface area contributed by atoms with E-state index >= 15 is 0 Å². The summed E-state index contributed by atoms with van der Waals surface area (Å²) < 4.78 is 0. The van der Waals surface area contributed by atoms with E-state index in [0.29, 0.717) is 16.6 Å². The third-order valence-electron chi connectivity index (χ3n) is 4.09. The number of aliphatic carboxylic acids is 1. The average molecular weight is 432 g/mol. The molecule has 2 aromatic heterocycles. The maximum atomic E-state index is 11.9. The lowest BCUT2D eigenvalue weighted by Crippen LogP contribution is -2.21. The van der Waals surface area contributed by atoms with Crippen molar-refractivity contribution in [3.05, 3.63) is 51.2 Å². The standard InChI is InChI=1S/C22H29N3O2S2/c1-13(2)11-17-18(22(4,5)6)24-21(29-17)25-19(23-7)15(20(26)27)12-14(3)16-9-8-10-28-16/h8-10,12-13H,3,11H2,1-2,4-7H3,(H,26,27)(H,23,24,25)/b15-12+. The fourth-order valence-electron chi connectivity index (χ4n) is 2.78. The van der Waals surface area contributed by atoms with Crippen molar-refractivity contribution in [2.45, 2.75) is 46.5 Å². The number of thiophene rings is 1. The lowest BCUT2D eigenvalue weighted by atomic mass is 9.90. The molecule has 0 saturated heterocycles. The number of hydrogen-bond donors (Lipinski definition) is 2. The van der Waals surface area contributed by atoms with E-state index in [1.54, 1.807) is 24.5 Å². The lowest BCUT2D eigenvalue weighted by molar-refractivity contribution is -0.132. The van der Waals surface area contributed by atoms with Gasteiger partial charge >= 0.3 is 5.97 Å². The van der Waals surface area contributed by atoms with Crippen molar-refractivity contribution in [1.82, 2.24) is 4.98 Å². The third kappa shape index (κ3) is 6.11. The van der Waals surface area contributed by atoms with Crippen LogP contribution in [0.15, 0.2) is 40.7 Å². The molecule has 0 fully saturated rings. The monoisotopic (exact) mass is 431 g/mol. The predicted octanol–water partition coefficient (Wildman–Crippen LogP) is 5.87. The van der Waals surface area contributed by atoms with Crippen LogP contribution in [0.3, 0.4) is 0 Å². The van der Waals surface area contributed by atoms with Crippen molar-refractivity contribution in [2.24, 2.45) is 10.9 Å². The summed E-state index contributed by atoms with van der Waals surface area (Å²) in [6.45, 7) is 14.8. The Bertz CT molecular complexity index is 930. The Balaban J connectivity index is 2.38. The van der Waals surface area contributed by atoms with Crippen molar-refractivity contribution in [3.63, 3.8) is 0 Å². The zero-order valence-corrected chi connectivity index (χ0v) is 19.5. The summed E-state index contributed by atoms with van der Waals surface area (Å²) in [4.78, 5) is 23.0.